The summed E-state index contributed by atoms with van der Waals surface area (Å²) in [5, 5.41) is 11.4. The fraction of sp³-hybridized carbons (Fsp3) is 0.211. The van der Waals surface area contributed by atoms with Crippen LogP contribution in [0.5, 0.6) is 0 Å². The molecule has 0 bridgehead atoms. The molecule has 0 radical (unpaired) electrons. The van der Waals surface area contributed by atoms with Crippen molar-refractivity contribution in [2.75, 3.05) is 17.7 Å². The van der Waals surface area contributed by atoms with Crippen molar-refractivity contribution in [1.29, 1.82) is 5.26 Å². The van der Waals surface area contributed by atoms with E-state index in [0.29, 0.717) is 11.5 Å². The summed E-state index contributed by atoms with van der Waals surface area (Å²) in [6.07, 6.45) is 2.37. The van der Waals surface area contributed by atoms with Gasteiger partial charge in [-0.25, -0.2) is 4.98 Å². The highest BCUT2D eigenvalue weighted by molar-refractivity contribution is 5.86. The van der Waals surface area contributed by atoms with Crippen LogP contribution in [0, 0.1) is 11.3 Å². The lowest BCUT2D eigenvalue weighted by Crippen LogP contribution is -2.26. The molecule has 1 unspecified atom stereocenters. The summed E-state index contributed by atoms with van der Waals surface area (Å²) < 4.78 is 0. The van der Waals surface area contributed by atoms with Crippen molar-refractivity contribution < 1.29 is 0 Å². The Morgan fingerprint density at radius 1 is 1.21 bits per heavy atom. The highest BCUT2D eigenvalue weighted by atomic mass is 15.3. The van der Waals surface area contributed by atoms with Crippen LogP contribution in [0.4, 0.5) is 11.8 Å². The van der Waals surface area contributed by atoms with Gasteiger partial charge >= 0.3 is 0 Å². The van der Waals surface area contributed by atoms with Gasteiger partial charge in [-0.1, -0.05) is 49.4 Å². The van der Waals surface area contributed by atoms with Gasteiger partial charge in [-0.05, 0) is 22.8 Å². The topological polar surface area (TPSA) is 78.8 Å². The van der Waals surface area contributed by atoms with E-state index in [1.807, 2.05) is 24.1 Å². The van der Waals surface area contributed by atoms with Gasteiger partial charge in [0.05, 0.1) is 12.2 Å². The van der Waals surface area contributed by atoms with Crippen LogP contribution in [0.25, 0.3) is 10.8 Å². The average Bonchev–Trinajstić information content (AvgIpc) is 2.62. The molecule has 0 aliphatic rings. The average molecular weight is 317 g/mol. The third kappa shape index (κ3) is 2.74. The van der Waals surface area contributed by atoms with Crippen LogP contribution in [0.1, 0.15) is 30.5 Å². The minimum absolute atomic E-state index is 0.114. The Labute approximate surface area is 141 Å². The zero-order valence-corrected chi connectivity index (χ0v) is 13.8. The van der Waals surface area contributed by atoms with Crippen LogP contribution >= 0.6 is 0 Å². The van der Waals surface area contributed by atoms with Gasteiger partial charge in [-0.3, -0.25) is 0 Å². The molecule has 0 aliphatic heterocycles. The zero-order chi connectivity index (χ0) is 17.1. The molecule has 3 rings (SSSR count). The smallest absolute Gasteiger partial charge is 0.227 e. The summed E-state index contributed by atoms with van der Waals surface area (Å²) in [6.45, 7) is 2.13. The van der Waals surface area contributed by atoms with Crippen LogP contribution in [0.15, 0.2) is 48.7 Å². The molecule has 0 saturated carbocycles. The Morgan fingerprint density at radius 3 is 2.67 bits per heavy atom. The molecule has 24 heavy (non-hydrogen) atoms. The second-order valence-corrected chi connectivity index (χ2v) is 5.68. The van der Waals surface area contributed by atoms with E-state index < -0.39 is 0 Å². The Kier molecular flexibility index (Phi) is 4.30. The molecule has 1 atom stereocenters. The summed E-state index contributed by atoms with van der Waals surface area (Å²) in [6, 6.07) is 16.8. The Morgan fingerprint density at radius 2 is 1.96 bits per heavy atom. The minimum atomic E-state index is 0.114. The lowest BCUT2D eigenvalue weighted by Gasteiger charge is -2.28. The van der Waals surface area contributed by atoms with E-state index in [1.165, 1.54) is 22.5 Å². The van der Waals surface area contributed by atoms with Crippen molar-refractivity contribution in [2.45, 2.75) is 19.4 Å². The van der Waals surface area contributed by atoms with Gasteiger partial charge < -0.3 is 10.6 Å². The number of benzene rings is 2. The number of nitrogen functional groups attached to an aromatic ring is 1. The molecule has 0 fully saturated rings. The van der Waals surface area contributed by atoms with Crippen molar-refractivity contribution in [1.82, 2.24) is 9.97 Å². The first kappa shape index (κ1) is 15.8. The van der Waals surface area contributed by atoms with Gasteiger partial charge in [-0.2, -0.15) is 10.2 Å². The summed E-state index contributed by atoms with van der Waals surface area (Å²) in [5.41, 5.74) is 7.36. The van der Waals surface area contributed by atoms with E-state index in [2.05, 4.69) is 53.3 Å². The first-order valence-electron chi connectivity index (χ1n) is 7.88. The van der Waals surface area contributed by atoms with Crippen molar-refractivity contribution in [2.24, 2.45) is 0 Å². The normalized spacial score (nSPS) is 11.9. The molecule has 0 spiro atoms. The number of aromatic nitrogens is 2. The summed E-state index contributed by atoms with van der Waals surface area (Å²) >= 11 is 0. The van der Waals surface area contributed by atoms with Gasteiger partial charge in [0, 0.05) is 7.05 Å². The van der Waals surface area contributed by atoms with E-state index in [-0.39, 0.29) is 11.9 Å². The van der Waals surface area contributed by atoms with Crippen LogP contribution in [-0.2, 0) is 0 Å². The van der Waals surface area contributed by atoms with Crippen molar-refractivity contribution in [3.8, 4) is 6.07 Å². The van der Waals surface area contributed by atoms with Crippen molar-refractivity contribution in [3.63, 3.8) is 0 Å². The van der Waals surface area contributed by atoms with Gasteiger partial charge in [0.2, 0.25) is 5.95 Å². The maximum atomic E-state index is 8.98. The number of nitrogens with two attached hydrogens (primary N) is 1. The van der Waals surface area contributed by atoms with Gasteiger partial charge in [0.25, 0.3) is 0 Å². The molecule has 0 amide bonds. The molecular formula is C19H19N5. The molecule has 2 aromatic carbocycles. The van der Waals surface area contributed by atoms with Crippen LogP contribution in [0.2, 0.25) is 0 Å². The monoisotopic (exact) mass is 317 g/mol. The van der Waals surface area contributed by atoms with Crippen LogP contribution in [-0.4, -0.2) is 17.0 Å². The number of anilines is 2. The molecule has 120 valence electrons. The fourth-order valence-electron chi connectivity index (χ4n) is 3.02. The Bertz CT molecular complexity index is 908. The maximum absolute atomic E-state index is 8.98. The molecule has 1 aromatic heterocycles. The first-order chi connectivity index (χ1) is 11.7. The highest BCUT2D eigenvalue weighted by Crippen LogP contribution is 2.31. The number of hydrogen-bond donors (Lipinski definition) is 1. The number of nitriles is 1. The van der Waals surface area contributed by atoms with Crippen molar-refractivity contribution >= 4 is 22.5 Å². The Hall–Kier alpha value is -3.13. The minimum Gasteiger partial charge on any atom is -0.382 e. The van der Waals surface area contributed by atoms with Crippen LogP contribution in [0.3, 0.4) is 0 Å². The molecule has 2 N–H and O–H groups in total. The summed E-state index contributed by atoms with van der Waals surface area (Å²) in [7, 11) is 1.96. The molecule has 3 aromatic rings. The molecule has 5 nitrogen and oxygen atoms in total. The third-order valence-electron chi connectivity index (χ3n) is 4.28. The third-order valence-corrected chi connectivity index (χ3v) is 4.28. The van der Waals surface area contributed by atoms with Gasteiger partial charge in [0.1, 0.15) is 17.5 Å². The second kappa shape index (κ2) is 6.55. The molecule has 0 saturated heterocycles. The molecule has 5 heteroatoms. The highest BCUT2D eigenvalue weighted by Gasteiger charge is 2.20. The summed E-state index contributed by atoms with van der Waals surface area (Å²) in [5.74, 6) is 0.730. The van der Waals surface area contributed by atoms with Crippen molar-refractivity contribution in [3.05, 3.63) is 59.8 Å². The van der Waals surface area contributed by atoms with E-state index in [9.17, 15) is 0 Å². The fourth-order valence-corrected chi connectivity index (χ4v) is 3.02. The number of nitrogens with zero attached hydrogens (tertiary/aromatic N) is 4. The zero-order valence-electron chi connectivity index (χ0n) is 13.8. The Balaban J connectivity index is 2.05. The maximum Gasteiger partial charge on any atom is 0.227 e. The van der Waals surface area contributed by atoms with E-state index >= 15 is 0 Å². The largest absolute Gasteiger partial charge is 0.382 e. The number of hydrogen-bond acceptors (Lipinski definition) is 5. The number of fused-ring (bicyclic) bond motifs is 1. The van der Waals surface area contributed by atoms with E-state index in [4.69, 9.17) is 11.0 Å². The van der Waals surface area contributed by atoms with E-state index in [1.54, 1.807) is 0 Å². The quantitative estimate of drug-likeness (QED) is 0.794. The second-order valence-electron chi connectivity index (χ2n) is 5.68. The molecule has 0 aliphatic carbocycles. The first-order valence-corrected chi connectivity index (χ1v) is 7.88. The molecule has 1 heterocycles. The lowest BCUT2D eigenvalue weighted by molar-refractivity contribution is 0.638. The standard InChI is InChI=1S/C19H19N5/c1-3-17(16-10-6-8-13-7-4-5-9-15(13)16)24(2)19-22-12-14(11-20)18(21)23-19/h4-10,12,17H,3H2,1-2H3,(H2,21,22,23). The van der Waals surface area contributed by atoms with Gasteiger partial charge in [0.15, 0.2) is 0 Å². The summed E-state index contributed by atoms with van der Waals surface area (Å²) in [4.78, 5) is 10.6. The molecular weight excluding hydrogens is 298 g/mol. The SMILES string of the molecule is CCC(c1cccc2ccccc12)N(C)c1ncc(C#N)c(N)n1. The van der Waals surface area contributed by atoms with Crippen LogP contribution < -0.4 is 10.6 Å². The number of rotatable bonds is 4. The predicted octanol–water partition coefficient (Wildman–Crippen LogP) is 3.67. The lowest BCUT2D eigenvalue weighted by atomic mass is 9.96. The van der Waals surface area contributed by atoms with E-state index in [0.717, 1.165) is 6.42 Å². The van der Waals surface area contributed by atoms with Gasteiger partial charge in [-0.15, -0.1) is 0 Å². The predicted molar refractivity (Wildman–Crippen MR) is 96.5 cm³/mol.